The molecule has 2 heterocycles. The van der Waals surface area contributed by atoms with E-state index in [1.54, 1.807) is 6.20 Å². The third-order valence-corrected chi connectivity index (χ3v) is 3.01. The van der Waals surface area contributed by atoms with Crippen LogP contribution in [0.3, 0.4) is 0 Å². The van der Waals surface area contributed by atoms with Crippen molar-refractivity contribution in [2.75, 3.05) is 0 Å². The molecule has 1 aromatic carbocycles. The smallest absolute Gasteiger partial charge is 0.188 e. The predicted octanol–water partition coefficient (Wildman–Crippen LogP) is 2.28. The number of aryl methyl sites for hydroxylation is 2. The van der Waals surface area contributed by atoms with Crippen LogP contribution in [0.5, 0.6) is 0 Å². The van der Waals surface area contributed by atoms with E-state index in [4.69, 9.17) is 0 Å². The number of aromatic nitrogens is 3. The Labute approximate surface area is 105 Å². The summed E-state index contributed by atoms with van der Waals surface area (Å²) < 4.78 is 2.72. The van der Waals surface area contributed by atoms with Crippen molar-refractivity contribution in [3.8, 4) is 5.69 Å². The molecule has 0 fully saturated rings. The Balaban J connectivity index is 2.32. The van der Waals surface area contributed by atoms with Crippen LogP contribution < -0.4 is 4.73 Å². The van der Waals surface area contributed by atoms with Gasteiger partial charge in [0, 0.05) is 22.5 Å². The van der Waals surface area contributed by atoms with Gasteiger partial charge in [-0.05, 0) is 32.0 Å². The van der Waals surface area contributed by atoms with Crippen LogP contribution in [-0.2, 0) is 0 Å². The summed E-state index contributed by atoms with van der Waals surface area (Å²) in [5.41, 5.74) is 3.07. The largest absolute Gasteiger partial charge is 0.619 e. The molecule has 0 aliphatic heterocycles. The highest BCUT2D eigenvalue weighted by Crippen LogP contribution is 2.21. The van der Waals surface area contributed by atoms with E-state index < -0.39 is 0 Å². The maximum absolute atomic E-state index is 11.3. The summed E-state index contributed by atoms with van der Waals surface area (Å²) in [6.45, 7) is 4.00. The summed E-state index contributed by atoms with van der Waals surface area (Å²) in [6, 6.07) is 9.74. The van der Waals surface area contributed by atoms with Gasteiger partial charge < -0.3 is 5.21 Å². The van der Waals surface area contributed by atoms with Crippen molar-refractivity contribution >= 4 is 10.8 Å². The summed E-state index contributed by atoms with van der Waals surface area (Å²) in [6.07, 6.45) is 3.09. The standard InChI is InChI=1S/C14H13N3O/c1-10-8-11(2)17(15-10)14-5-3-4-12-9-16(18)7-6-13(12)14/h3-9H,1-2H3. The Morgan fingerprint density at radius 1 is 1.22 bits per heavy atom. The molecule has 0 unspecified atom stereocenters. The first-order chi connectivity index (χ1) is 8.65. The molecule has 3 aromatic rings. The zero-order chi connectivity index (χ0) is 12.7. The van der Waals surface area contributed by atoms with Crippen molar-refractivity contribution < 1.29 is 4.73 Å². The van der Waals surface area contributed by atoms with E-state index in [0.717, 1.165) is 32.6 Å². The van der Waals surface area contributed by atoms with Gasteiger partial charge in [-0.15, -0.1) is 0 Å². The molecule has 0 saturated carbocycles. The summed E-state index contributed by atoms with van der Waals surface area (Å²) in [5.74, 6) is 0. The zero-order valence-corrected chi connectivity index (χ0v) is 10.3. The molecule has 90 valence electrons. The van der Waals surface area contributed by atoms with Gasteiger partial charge in [-0.2, -0.15) is 9.83 Å². The lowest BCUT2D eigenvalue weighted by molar-refractivity contribution is -0.603. The van der Waals surface area contributed by atoms with Gasteiger partial charge in [-0.25, -0.2) is 4.68 Å². The second kappa shape index (κ2) is 3.84. The molecule has 18 heavy (non-hydrogen) atoms. The van der Waals surface area contributed by atoms with Crippen LogP contribution in [0.25, 0.3) is 16.5 Å². The highest BCUT2D eigenvalue weighted by Gasteiger charge is 2.08. The van der Waals surface area contributed by atoms with E-state index in [0.29, 0.717) is 0 Å². The van der Waals surface area contributed by atoms with Crippen molar-refractivity contribution in [2.45, 2.75) is 13.8 Å². The monoisotopic (exact) mass is 239 g/mol. The van der Waals surface area contributed by atoms with Gasteiger partial charge >= 0.3 is 0 Å². The Morgan fingerprint density at radius 3 is 2.78 bits per heavy atom. The van der Waals surface area contributed by atoms with Gasteiger partial charge in [0.2, 0.25) is 0 Å². The maximum Gasteiger partial charge on any atom is 0.188 e. The van der Waals surface area contributed by atoms with Crippen LogP contribution in [0.2, 0.25) is 0 Å². The van der Waals surface area contributed by atoms with Crippen molar-refractivity contribution in [3.63, 3.8) is 0 Å². The van der Waals surface area contributed by atoms with Gasteiger partial charge in [0.05, 0.1) is 11.4 Å². The molecule has 3 rings (SSSR count). The molecular formula is C14H13N3O. The molecule has 0 radical (unpaired) electrons. The van der Waals surface area contributed by atoms with Crippen molar-refractivity contribution in [2.24, 2.45) is 0 Å². The van der Waals surface area contributed by atoms with E-state index in [1.807, 2.05) is 48.9 Å². The van der Waals surface area contributed by atoms with E-state index in [-0.39, 0.29) is 0 Å². The topological polar surface area (TPSA) is 44.8 Å². The molecular weight excluding hydrogens is 226 g/mol. The average molecular weight is 239 g/mol. The molecule has 0 amide bonds. The molecule has 2 aromatic heterocycles. The SMILES string of the molecule is Cc1cc(C)n(-c2cccc3c[n+]([O-])ccc23)n1. The van der Waals surface area contributed by atoms with Gasteiger partial charge in [-0.3, -0.25) is 0 Å². The Bertz CT molecular complexity index is 731. The fraction of sp³-hybridized carbons (Fsp3) is 0.143. The predicted molar refractivity (Wildman–Crippen MR) is 69.5 cm³/mol. The van der Waals surface area contributed by atoms with Crippen LogP contribution in [0.15, 0.2) is 42.7 Å². The molecule has 0 aliphatic rings. The van der Waals surface area contributed by atoms with Crippen molar-refractivity contribution in [3.05, 3.63) is 59.3 Å². The number of hydrogen-bond acceptors (Lipinski definition) is 2. The molecule has 0 saturated heterocycles. The number of fused-ring (bicyclic) bond motifs is 1. The quantitative estimate of drug-likeness (QED) is 0.483. The molecule has 4 heteroatoms. The third-order valence-electron chi connectivity index (χ3n) is 3.01. The molecule has 0 atom stereocenters. The van der Waals surface area contributed by atoms with Crippen LogP contribution in [0.4, 0.5) is 0 Å². The van der Waals surface area contributed by atoms with Crippen molar-refractivity contribution in [1.82, 2.24) is 9.78 Å². The minimum Gasteiger partial charge on any atom is -0.619 e. The summed E-state index contributed by atoms with van der Waals surface area (Å²) in [5, 5.41) is 17.7. The van der Waals surface area contributed by atoms with E-state index in [9.17, 15) is 5.21 Å². The summed E-state index contributed by atoms with van der Waals surface area (Å²) in [7, 11) is 0. The Hall–Kier alpha value is -2.36. The first-order valence-electron chi connectivity index (χ1n) is 5.80. The van der Waals surface area contributed by atoms with E-state index in [2.05, 4.69) is 5.10 Å². The van der Waals surface area contributed by atoms with Crippen molar-refractivity contribution in [1.29, 1.82) is 0 Å². The summed E-state index contributed by atoms with van der Waals surface area (Å²) in [4.78, 5) is 0. The van der Waals surface area contributed by atoms with Gasteiger partial charge in [0.1, 0.15) is 0 Å². The second-order valence-corrected chi connectivity index (χ2v) is 4.42. The van der Waals surface area contributed by atoms with Gasteiger partial charge in [-0.1, -0.05) is 6.07 Å². The van der Waals surface area contributed by atoms with Crippen LogP contribution in [-0.4, -0.2) is 9.78 Å². The first kappa shape index (κ1) is 10.8. The third kappa shape index (κ3) is 1.62. The van der Waals surface area contributed by atoms with E-state index >= 15 is 0 Å². The minimum atomic E-state index is 0.813. The molecule has 0 N–H and O–H groups in total. The number of nitrogens with zero attached hydrogens (tertiary/aromatic N) is 3. The minimum absolute atomic E-state index is 0.813. The highest BCUT2D eigenvalue weighted by molar-refractivity contribution is 5.88. The average Bonchev–Trinajstić information content (AvgIpc) is 2.67. The lowest BCUT2D eigenvalue weighted by Gasteiger charge is -2.08. The number of benzene rings is 1. The zero-order valence-electron chi connectivity index (χ0n) is 10.3. The fourth-order valence-corrected chi connectivity index (χ4v) is 2.25. The number of rotatable bonds is 1. The van der Waals surface area contributed by atoms with Gasteiger partial charge in [0.15, 0.2) is 12.4 Å². The highest BCUT2D eigenvalue weighted by atomic mass is 16.5. The normalized spacial score (nSPS) is 11.0. The Morgan fingerprint density at radius 2 is 2.06 bits per heavy atom. The summed E-state index contributed by atoms with van der Waals surface area (Å²) >= 11 is 0. The molecule has 4 nitrogen and oxygen atoms in total. The van der Waals surface area contributed by atoms with Crippen LogP contribution in [0.1, 0.15) is 11.4 Å². The first-order valence-corrected chi connectivity index (χ1v) is 5.80. The van der Waals surface area contributed by atoms with E-state index in [1.165, 1.54) is 6.20 Å². The molecule has 0 bridgehead atoms. The lowest BCUT2D eigenvalue weighted by atomic mass is 10.1. The van der Waals surface area contributed by atoms with Crippen LogP contribution >= 0.6 is 0 Å². The fourth-order valence-electron chi connectivity index (χ4n) is 2.25. The molecule has 0 aliphatic carbocycles. The lowest BCUT2D eigenvalue weighted by Crippen LogP contribution is -2.23. The Kier molecular flexibility index (Phi) is 2.30. The number of pyridine rings is 1. The number of hydrogen-bond donors (Lipinski definition) is 0. The second-order valence-electron chi connectivity index (χ2n) is 4.42. The van der Waals surface area contributed by atoms with Crippen LogP contribution in [0, 0.1) is 19.1 Å². The maximum atomic E-state index is 11.3. The molecule has 0 spiro atoms. The van der Waals surface area contributed by atoms with Gasteiger partial charge in [0.25, 0.3) is 0 Å².